The molecule has 0 saturated carbocycles. The van der Waals surface area contributed by atoms with Crippen molar-refractivity contribution >= 4 is 23.1 Å². The molecule has 0 unspecified atom stereocenters. The number of aliphatic hydroxyl groups is 1. The van der Waals surface area contributed by atoms with E-state index in [9.17, 15) is 5.11 Å². The third-order valence-electron chi connectivity index (χ3n) is 3.08. The zero-order valence-electron chi connectivity index (χ0n) is 10.3. The fourth-order valence-corrected chi connectivity index (χ4v) is 2.22. The van der Waals surface area contributed by atoms with Gasteiger partial charge in [-0.15, -0.1) is 0 Å². The number of anilines is 2. The van der Waals surface area contributed by atoms with Gasteiger partial charge in [-0.3, -0.25) is 0 Å². The molecular formula is C11H17ClN4O2. The molecule has 6 nitrogen and oxygen atoms in total. The highest BCUT2D eigenvalue weighted by Crippen LogP contribution is 2.26. The maximum absolute atomic E-state index is 10.4. The van der Waals surface area contributed by atoms with Crippen molar-refractivity contribution in [2.24, 2.45) is 0 Å². The second-order valence-corrected chi connectivity index (χ2v) is 4.95. The molecule has 0 atom stereocenters. The zero-order valence-corrected chi connectivity index (χ0v) is 11.0. The summed E-state index contributed by atoms with van der Waals surface area (Å²) in [4.78, 5) is 9.69. The first-order valence-corrected chi connectivity index (χ1v) is 6.17. The van der Waals surface area contributed by atoms with Crippen LogP contribution in [-0.2, 0) is 4.74 Å². The molecule has 2 heterocycles. The molecule has 0 bridgehead atoms. The van der Waals surface area contributed by atoms with Crippen molar-refractivity contribution in [3.63, 3.8) is 0 Å². The number of nitrogens with two attached hydrogens (primary N) is 1. The van der Waals surface area contributed by atoms with Crippen LogP contribution in [0.5, 0.6) is 0 Å². The molecule has 0 spiro atoms. The average Bonchev–Trinajstić information content (AvgIpc) is 2.32. The minimum atomic E-state index is -0.767. The number of rotatable bonds is 3. The Morgan fingerprint density at radius 1 is 1.56 bits per heavy atom. The third kappa shape index (κ3) is 3.01. The van der Waals surface area contributed by atoms with Crippen LogP contribution in [0, 0.1) is 0 Å². The van der Waals surface area contributed by atoms with E-state index in [0.717, 1.165) is 0 Å². The number of ether oxygens (including phenoxy) is 1. The minimum absolute atomic E-state index is 0.144. The van der Waals surface area contributed by atoms with Gasteiger partial charge in [0.2, 0.25) is 5.28 Å². The van der Waals surface area contributed by atoms with Crippen molar-refractivity contribution in [2.75, 3.05) is 37.4 Å². The van der Waals surface area contributed by atoms with Gasteiger partial charge in [-0.25, -0.2) is 4.98 Å². The van der Waals surface area contributed by atoms with Crippen LogP contribution in [0.3, 0.4) is 0 Å². The van der Waals surface area contributed by atoms with Gasteiger partial charge in [0.1, 0.15) is 0 Å². The normalized spacial score (nSPS) is 18.6. The van der Waals surface area contributed by atoms with E-state index in [1.165, 1.54) is 6.20 Å². The lowest BCUT2D eigenvalue weighted by molar-refractivity contribution is -0.0573. The van der Waals surface area contributed by atoms with Gasteiger partial charge in [0, 0.05) is 39.6 Å². The maximum atomic E-state index is 10.4. The first-order valence-electron chi connectivity index (χ1n) is 5.79. The van der Waals surface area contributed by atoms with Crippen molar-refractivity contribution in [2.45, 2.75) is 18.4 Å². The number of hydrogen-bond acceptors (Lipinski definition) is 6. The lowest BCUT2D eigenvalue weighted by Crippen LogP contribution is -2.46. The van der Waals surface area contributed by atoms with E-state index in [2.05, 4.69) is 9.97 Å². The van der Waals surface area contributed by atoms with Crippen molar-refractivity contribution in [3.05, 3.63) is 11.5 Å². The SMILES string of the molecule is CN(CC1(O)CCOCC1)c1nc(Cl)ncc1N. The summed E-state index contributed by atoms with van der Waals surface area (Å²) < 4.78 is 5.25. The number of nitrogens with zero attached hydrogens (tertiary/aromatic N) is 3. The second kappa shape index (κ2) is 5.26. The quantitative estimate of drug-likeness (QED) is 0.788. The molecule has 1 fully saturated rings. The number of hydrogen-bond donors (Lipinski definition) is 2. The van der Waals surface area contributed by atoms with Gasteiger partial charge >= 0.3 is 0 Å². The molecule has 0 amide bonds. The van der Waals surface area contributed by atoms with E-state index in [4.69, 9.17) is 22.1 Å². The Morgan fingerprint density at radius 3 is 2.89 bits per heavy atom. The summed E-state index contributed by atoms with van der Waals surface area (Å²) >= 11 is 5.75. The Balaban J connectivity index is 2.11. The Hall–Kier alpha value is -1.11. The van der Waals surface area contributed by atoms with Crippen LogP contribution in [0.4, 0.5) is 11.5 Å². The highest BCUT2D eigenvalue weighted by molar-refractivity contribution is 6.28. The molecule has 1 aliphatic heterocycles. The Bertz CT molecular complexity index is 424. The van der Waals surface area contributed by atoms with Gasteiger partial charge in [-0.05, 0) is 11.6 Å². The molecule has 18 heavy (non-hydrogen) atoms. The van der Waals surface area contributed by atoms with Crippen molar-refractivity contribution in [1.29, 1.82) is 0 Å². The topological polar surface area (TPSA) is 84.5 Å². The van der Waals surface area contributed by atoms with Crippen LogP contribution in [-0.4, -0.2) is 47.5 Å². The smallest absolute Gasteiger partial charge is 0.224 e. The summed E-state index contributed by atoms with van der Waals surface area (Å²) in [5.41, 5.74) is 5.48. The van der Waals surface area contributed by atoms with E-state index in [-0.39, 0.29) is 5.28 Å². The number of nitrogen functional groups attached to an aromatic ring is 1. The highest BCUT2D eigenvalue weighted by atomic mass is 35.5. The highest BCUT2D eigenvalue weighted by Gasteiger charge is 2.31. The lowest BCUT2D eigenvalue weighted by atomic mass is 9.94. The van der Waals surface area contributed by atoms with Crippen LogP contribution < -0.4 is 10.6 Å². The van der Waals surface area contributed by atoms with E-state index < -0.39 is 5.60 Å². The molecule has 1 aromatic rings. The molecule has 0 aromatic carbocycles. The summed E-state index contributed by atoms with van der Waals surface area (Å²) in [5.74, 6) is 0.537. The largest absolute Gasteiger partial charge is 0.394 e. The predicted molar refractivity (Wildman–Crippen MR) is 69.7 cm³/mol. The van der Waals surface area contributed by atoms with E-state index in [1.807, 2.05) is 7.05 Å². The second-order valence-electron chi connectivity index (χ2n) is 4.61. The summed E-state index contributed by atoms with van der Waals surface area (Å²) in [6.07, 6.45) is 2.68. The number of aromatic nitrogens is 2. The summed E-state index contributed by atoms with van der Waals surface area (Å²) in [6, 6.07) is 0. The van der Waals surface area contributed by atoms with Crippen molar-refractivity contribution < 1.29 is 9.84 Å². The molecular weight excluding hydrogens is 256 g/mol. The summed E-state index contributed by atoms with van der Waals surface area (Å²) in [7, 11) is 1.82. The zero-order chi connectivity index (χ0) is 13.2. The molecule has 7 heteroatoms. The van der Waals surface area contributed by atoms with Gasteiger partial charge in [0.05, 0.1) is 17.5 Å². The third-order valence-corrected chi connectivity index (χ3v) is 3.27. The van der Waals surface area contributed by atoms with E-state index >= 15 is 0 Å². The van der Waals surface area contributed by atoms with Crippen LogP contribution in [0.1, 0.15) is 12.8 Å². The van der Waals surface area contributed by atoms with Gasteiger partial charge in [-0.1, -0.05) is 0 Å². The molecule has 0 radical (unpaired) electrons. The lowest BCUT2D eigenvalue weighted by Gasteiger charge is -2.36. The van der Waals surface area contributed by atoms with E-state index in [0.29, 0.717) is 44.1 Å². The first kappa shape index (κ1) is 13.3. The molecule has 3 N–H and O–H groups in total. The summed E-state index contributed by atoms with van der Waals surface area (Å²) in [6.45, 7) is 1.59. The molecule has 0 aliphatic carbocycles. The predicted octanol–water partition coefficient (Wildman–Crippen LogP) is 0.690. The monoisotopic (exact) mass is 272 g/mol. The molecule has 2 rings (SSSR count). The van der Waals surface area contributed by atoms with Crippen molar-refractivity contribution in [3.8, 4) is 0 Å². The van der Waals surface area contributed by atoms with Gasteiger partial charge < -0.3 is 20.5 Å². The van der Waals surface area contributed by atoms with Gasteiger partial charge in [-0.2, -0.15) is 4.98 Å². The van der Waals surface area contributed by atoms with Crippen molar-refractivity contribution in [1.82, 2.24) is 9.97 Å². The maximum Gasteiger partial charge on any atom is 0.224 e. The summed E-state index contributed by atoms with van der Waals surface area (Å²) in [5, 5.41) is 10.6. The molecule has 1 aromatic heterocycles. The first-order chi connectivity index (χ1) is 8.50. The standard InChI is InChI=1S/C11H17ClN4O2/c1-16(7-11(17)2-4-18-5-3-11)9-8(13)6-14-10(12)15-9/h6,17H,2-5,7,13H2,1H3. The molecule has 1 saturated heterocycles. The van der Waals surface area contributed by atoms with Crippen LogP contribution in [0.25, 0.3) is 0 Å². The molecule has 100 valence electrons. The minimum Gasteiger partial charge on any atom is -0.394 e. The molecule has 1 aliphatic rings. The Labute approximate surface area is 111 Å². The van der Waals surface area contributed by atoms with Crippen LogP contribution in [0.2, 0.25) is 5.28 Å². The Kier molecular flexibility index (Phi) is 3.89. The Morgan fingerprint density at radius 2 is 2.22 bits per heavy atom. The van der Waals surface area contributed by atoms with E-state index in [1.54, 1.807) is 4.90 Å². The number of halogens is 1. The number of likely N-dealkylation sites (N-methyl/N-ethyl adjacent to an activating group) is 1. The van der Waals surface area contributed by atoms with Gasteiger partial charge in [0.15, 0.2) is 5.82 Å². The van der Waals surface area contributed by atoms with Gasteiger partial charge in [0.25, 0.3) is 0 Å². The fourth-order valence-electron chi connectivity index (χ4n) is 2.09. The average molecular weight is 273 g/mol. The fraction of sp³-hybridized carbons (Fsp3) is 0.636. The van der Waals surface area contributed by atoms with Crippen LogP contribution >= 0.6 is 11.6 Å². The van der Waals surface area contributed by atoms with Crippen LogP contribution in [0.15, 0.2) is 6.20 Å².